The van der Waals surface area contributed by atoms with Crippen LogP contribution in [0.25, 0.3) is 0 Å². The van der Waals surface area contributed by atoms with Gasteiger partial charge in [-0.1, -0.05) is 19.3 Å². The van der Waals surface area contributed by atoms with Crippen LogP contribution in [0, 0.1) is 11.8 Å². The Morgan fingerprint density at radius 1 is 0.885 bits per heavy atom. The third-order valence-corrected chi connectivity index (χ3v) is 6.78. The van der Waals surface area contributed by atoms with Gasteiger partial charge in [0.1, 0.15) is 0 Å². The van der Waals surface area contributed by atoms with Crippen molar-refractivity contribution in [3.63, 3.8) is 0 Å². The van der Waals surface area contributed by atoms with Crippen LogP contribution in [-0.4, -0.2) is 48.9 Å². The SMILES string of the molecule is CNC1CCCN(C(=O)C2CCC(NC(=O)CC3CCCCC3)CC2)C1. The standard InChI is InChI=1S/C21H37N3O2/c1-22-19-8-5-13-24(15-19)21(26)17-9-11-18(12-10-17)23-20(25)14-16-6-3-2-4-7-16/h16-19,22H,2-15H2,1H3,(H,23,25). The predicted molar refractivity (Wildman–Crippen MR) is 104 cm³/mol. The Morgan fingerprint density at radius 3 is 2.31 bits per heavy atom. The van der Waals surface area contributed by atoms with Crippen LogP contribution < -0.4 is 10.6 Å². The molecular weight excluding hydrogens is 326 g/mol. The van der Waals surface area contributed by atoms with Crippen molar-refractivity contribution in [1.29, 1.82) is 0 Å². The fraction of sp³-hybridized carbons (Fsp3) is 0.905. The van der Waals surface area contributed by atoms with Crippen LogP contribution in [0.5, 0.6) is 0 Å². The summed E-state index contributed by atoms with van der Waals surface area (Å²) in [7, 11) is 1.99. The van der Waals surface area contributed by atoms with Crippen molar-refractivity contribution in [3.8, 4) is 0 Å². The number of piperidine rings is 1. The normalized spacial score (nSPS) is 30.8. The van der Waals surface area contributed by atoms with E-state index in [-0.39, 0.29) is 17.9 Å². The van der Waals surface area contributed by atoms with Gasteiger partial charge in [-0.3, -0.25) is 9.59 Å². The zero-order chi connectivity index (χ0) is 18.4. The second-order valence-electron chi connectivity index (χ2n) is 8.74. The Labute approximate surface area is 158 Å². The average molecular weight is 364 g/mol. The maximum Gasteiger partial charge on any atom is 0.225 e. The number of carbonyl (C=O) groups is 2. The van der Waals surface area contributed by atoms with Crippen LogP contribution in [-0.2, 0) is 9.59 Å². The molecule has 1 aliphatic heterocycles. The highest BCUT2D eigenvalue weighted by Crippen LogP contribution is 2.29. The van der Waals surface area contributed by atoms with Crippen molar-refractivity contribution < 1.29 is 9.59 Å². The Balaban J connectivity index is 1.38. The smallest absolute Gasteiger partial charge is 0.225 e. The van der Waals surface area contributed by atoms with Crippen LogP contribution in [0.4, 0.5) is 0 Å². The minimum absolute atomic E-state index is 0.164. The lowest BCUT2D eigenvalue weighted by Gasteiger charge is -2.37. The van der Waals surface area contributed by atoms with Crippen molar-refractivity contribution in [3.05, 3.63) is 0 Å². The third-order valence-electron chi connectivity index (χ3n) is 6.78. The van der Waals surface area contributed by atoms with Crippen LogP contribution in [0.3, 0.4) is 0 Å². The summed E-state index contributed by atoms with van der Waals surface area (Å²) in [6.07, 6.45) is 13.1. The lowest BCUT2D eigenvalue weighted by atomic mass is 9.84. The molecule has 2 amide bonds. The van der Waals surface area contributed by atoms with Gasteiger partial charge in [0.15, 0.2) is 0 Å². The van der Waals surface area contributed by atoms with Gasteiger partial charge in [-0.05, 0) is 64.3 Å². The lowest BCUT2D eigenvalue weighted by molar-refractivity contribution is -0.138. The maximum absolute atomic E-state index is 12.8. The van der Waals surface area contributed by atoms with E-state index in [1.165, 1.54) is 38.5 Å². The van der Waals surface area contributed by atoms with Crippen LogP contribution in [0.2, 0.25) is 0 Å². The summed E-state index contributed by atoms with van der Waals surface area (Å²) in [6, 6.07) is 0.727. The predicted octanol–water partition coefficient (Wildman–Crippen LogP) is 2.84. The van der Waals surface area contributed by atoms with E-state index in [9.17, 15) is 9.59 Å². The Bertz CT molecular complexity index is 468. The molecule has 0 bridgehead atoms. The number of amides is 2. The first-order valence-corrected chi connectivity index (χ1v) is 10.9. The number of rotatable bonds is 5. The largest absolute Gasteiger partial charge is 0.353 e. The molecule has 5 heteroatoms. The van der Waals surface area contributed by atoms with E-state index in [0.29, 0.717) is 24.3 Å². The quantitative estimate of drug-likeness (QED) is 0.789. The highest BCUT2D eigenvalue weighted by atomic mass is 16.2. The minimum atomic E-state index is 0.164. The van der Waals surface area contributed by atoms with E-state index in [1.54, 1.807) is 0 Å². The van der Waals surface area contributed by atoms with Gasteiger partial charge < -0.3 is 15.5 Å². The number of hydrogen-bond donors (Lipinski definition) is 2. The molecule has 1 saturated heterocycles. The van der Waals surface area contributed by atoms with Crippen molar-refractivity contribution in [2.75, 3.05) is 20.1 Å². The third kappa shape index (κ3) is 5.45. The zero-order valence-electron chi connectivity index (χ0n) is 16.5. The van der Waals surface area contributed by atoms with Crippen molar-refractivity contribution >= 4 is 11.8 Å². The molecule has 0 aromatic carbocycles. The van der Waals surface area contributed by atoms with E-state index < -0.39 is 0 Å². The van der Waals surface area contributed by atoms with Gasteiger partial charge >= 0.3 is 0 Å². The summed E-state index contributed by atoms with van der Waals surface area (Å²) < 4.78 is 0. The molecule has 26 heavy (non-hydrogen) atoms. The molecule has 2 saturated carbocycles. The van der Waals surface area contributed by atoms with Gasteiger partial charge in [-0.15, -0.1) is 0 Å². The summed E-state index contributed by atoms with van der Waals surface area (Å²) in [5.74, 6) is 1.34. The second-order valence-corrected chi connectivity index (χ2v) is 8.74. The van der Waals surface area contributed by atoms with Gasteiger partial charge in [0.2, 0.25) is 11.8 Å². The summed E-state index contributed by atoms with van der Waals surface area (Å²) in [4.78, 5) is 27.2. The molecular formula is C21H37N3O2. The molecule has 5 nitrogen and oxygen atoms in total. The summed E-state index contributed by atoms with van der Waals surface area (Å²) in [5, 5.41) is 6.56. The first-order chi connectivity index (χ1) is 12.7. The zero-order valence-corrected chi connectivity index (χ0v) is 16.5. The van der Waals surface area contributed by atoms with E-state index in [0.717, 1.165) is 45.2 Å². The number of carbonyl (C=O) groups excluding carboxylic acids is 2. The Morgan fingerprint density at radius 2 is 1.62 bits per heavy atom. The molecule has 3 rings (SSSR count). The van der Waals surface area contributed by atoms with Gasteiger partial charge in [-0.25, -0.2) is 0 Å². The fourth-order valence-corrected chi connectivity index (χ4v) is 5.10. The summed E-state index contributed by atoms with van der Waals surface area (Å²) in [6.45, 7) is 1.77. The highest BCUT2D eigenvalue weighted by Gasteiger charge is 2.32. The van der Waals surface area contributed by atoms with E-state index >= 15 is 0 Å². The van der Waals surface area contributed by atoms with Crippen molar-refractivity contribution in [2.45, 2.75) is 89.1 Å². The van der Waals surface area contributed by atoms with Gasteiger partial charge in [0.25, 0.3) is 0 Å². The number of likely N-dealkylation sites (N-methyl/N-ethyl adjacent to an activating group) is 1. The van der Waals surface area contributed by atoms with Gasteiger partial charge in [-0.2, -0.15) is 0 Å². The number of hydrogen-bond acceptors (Lipinski definition) is 3. The molecule has 1 unspecified atom stereocenters. The van der Waals surface area contributed by atoms with Crippen LogP contribution >= 0.6 is 0 Å². The molecule has 1 atom stereocenters. The van der Waals surface area contributed by atoms with E-state index in [1.807, 2.05) is 7.05 Å². The molecule has 3 fully saturated rings. The molecule has 3 aliphatic rings. The van der Waals surface area contributed by atoms with Crippen molar-refractivity contribution in [1.82, 2.24) is 15.5 Å². The fourth-order valence-electron chi connectivity index (χ4n) is 5.10. The number of nitrogens with zero attached hydrogens (tertiary/aromatic N) is 1. The van der Waals surface area contributed by atoms with E-state index in [2.05, 4.69) is 15.5 Å². The molecule has 1 heterocycles. The van der Waals surface area contributed by atoms with Gasteiger partial charge in [0.05, 0.1) is 0 Å². The first-order valence-electron chi connectivity index (χ1n) is 10.9. The second kappa shape index (κ2) is 9.72. The highest BCUT2D eigenvalue weighted by molar-refractivity contribution is 5.79. The lowest BCUT2D eigenvalue weighted by Crippen LogP contribution is -2.49. The number of nitrogens with one attached hydrogen (secondary N) is 2. The molecule has 148 valence electrons. The average Bonchev–Trinajstić information content (AvgIpc) is 2.69. The van der Waals surface area contributed by atoms with Gasteiger partial charge in [0, 0.05) is 37.5 Å². The molecule has 0 aromatic rings. The molecule has 2 N–H and O–H groups in total. The number of likely N-dealkylation sites (tertiary alicyclic amines) is 1. The Hall–Kier alpha value is -1.10. The molecule has 0 spiro atoms. The molecule has 0 aromatic heterocycles. The Kier molecular flexibility index (Phi) is 7.35. The minimum Gasteiger partial charge on any atom is -0.353 e. The monoisotopic (exact) mass is 363 g/mol. The topological polar surface area (TPSA) is 61.4 Å². The maximum atomic E-state index is 12.8. The van der Waals surface area contributed by atoms with Crippen LogP contribution in [0.15, 0.2) is 0 Å². The summed E-state index contributed by atoms with van der Waals surface area (Å²) >= 11 is 0. The summed E-state index contributed by atoms with van der Waals surface area (Å²) in [5.41, 5.74) is 0. The van der Waals surface area contributed by atoms with Crippen LogP contribution in [0.1, 0.15) is 77.0 Å². The first kappa shape index (κ1) is 19.7. The van der Waals surface area contributed by atoms with E-state index in [4.69, 9.17) is 0 Å². The van der Waals surface area contributed by atoms with Crippen molar-refractivity contribution in [2.24, 2.45) is 11.8 Å². The molecule has 2 aliphatic carbocycles. The molecule has 0 radical (unpaired) electrons.